The number of hydrogen-bond donors (Lipinski definition) is 2. The monoisotopic (exact) mass is 334 g/mol. The molecule has 0 spiro atoms. The van der Waals surface area contributed by atoms with Crippen LogP contribution in [0, 0.1) is 5.82 Å². The number of halogens is 1. The summed E-state index contributed by atoms with van der Waals surface area (Å²) in [6, 6.07) is 8.17. The minimum Gasteiger partial charge on any atom is -0.478 e. The van der Waals surface area contributed by atoms with Gasteiger partial charge in [0.2, 0.25) is 0 Å². The Hall–Kier alpha value is -2.12. The zero-order chi connectivity index (χ0) is 15.7. The lowest BCUT2D eigenvalue weighted by Crippen LogP contribution is -2.01. The van der Waals surface area contributed by atoms with Crippen molar-refractivity contribution < 1.29 is 14.3 Å². The van der Waals surface area contributed by atoms with E-state index in [9.17, 15) is 14.3 Å². The van der Waals surface area contributed by atoms with E-state index in [-0.39, 0.29) is 11.3 Å². The standard InChI is InChI=1S/C15H11FN2O2S2/c1-21-8-4-5-11(10(16)7-8)18-14-12(15(19)20)9-3-2-6-17-13(9)22-14/h2-7,18H,1H3,(H,19,20). The van der Waals surface area contributed by atoms with E-state index in [1.807, 2.05) is 6.26 Å². The molecule has 0 aliphatic carbocycles. The maximum atomic E-state index is 14.1. The van der Waals surface area contributed by atoms with Crippen molar-refractivity contribution in [2.45, 2.75) is 4.90 Å². The van der Waals surface area contributed by atoms with E-state index < -0.39 is 11.8 Å². The molecule has 0 fully saturated rings. The maximum Gasteiger partial charge on any atom is 0.339 e. The van der Waals surface area contributed by atoms with Gasteiger partial charge in [0.25, 0.3) is 0 Å². The lowest BCUT2D eigenvalue weighted by atomic mass is 10.2. The van der Waals surface area contributed by atoms with Gasteiger partial charge in [-0.3, -0.25) is 0 Å². The molecular weight excluding hydrogens is 323 g/mol. The van der Waals surface area contributed by atoms with Gasteiger partial charge in [0.05, 0.1) is 5.69 Å². The van der Waals surface area contributed by atoms with Gasteiger partial charge in [0, 0.05) is 16.5 Å². The molecule has 3 rings (SSSR count). The first kappa shape index (κ1) is 14.8. The molecule has 2 heterocycles. The molecular formula is C15H11FN2O2S2. The summed E-state index contributed by atoms with van der Waals surface area (Å²) >= 11 is 2.63. The highest BCUT2D eigenvalue weighted by Crippen LogP contribution is 2.37. The smallest absolute Gasteiger partial charge is 0.339 e. The normalized spacial score (nSPS) is 10.8. The van der Waals surface area contributed by atoms with Crippen LogP contribution in [0.1, 0.15) is 10.4 Å². The molecule has 0 aliphatic heterocycles. The number of carbonyl (C=O) groups is 1. The van der Waals surface area contributed by atoms with Gasteiger partial charge in [0.15, 0.2) is 0 Å². The number of nitrogens with one attached hydrogen (secondary N) is 1. The second kappa shape index (κ2) is 5.94. The number of anilines is 2. The van der Waals surface area contributed by atoms with Crippen molar-refractivity contribution in [1.29, 1.82) is 0 Å². The fourth-order valence-electron chi connectivity index (χ4n) is 2.08. The van der Waals surface area contributed by atoms with Gasteiger partial charge in [-0.1, -0.05) is 11.3 Å². The third-order valence-corrected chi connectivity index (χ3v) is 4.86. The van der Waals surface area contributed by atoms with Crippen molar-refractivity contribution in [3.8, 4) is 0 Å². The summed E-state index contributed by atoms with van der Waals surface area (Å²) < 4.78 is 14.1. The first-order chi connectivity index (χ1) is 10.6. The van der Waals surface area contributed by atoms with Crippen LogP contribution in [0.3, 0.4) is 0 Å². The second-order valence-electron chi connectivity index (χ2n) is 4.44. The van der Waals surface area contributed by atoms with E-state index in [0.29, 0.717) is 15.2 Å². The van der Waals surface area contributed by atoms with E-state index >= 15 is 0 Å². The van der Waals surface area contributed by atoms with E-state index in [0.717, 1.165) is 4.90 Å². The fourth-order valence-corrected chi connectivity index (χ4v) is 3.55. The number of rotatable bonds is 4. The predicted molar refractivity (Wildman–Crippen MR) is 88.0 cm³/mol. The van der Waals surface area contributed by atoms with Crippen LogP contribution >= 0.6 is 23.1 Å². The molecule has 22 heavy (non-hydrogen) atoms. The van der Waals surface area contributed by atoms with Gasteiger partial charge in [-0.05, 0) is 36.6 Å². The molecule has 3 aromatic rings. The molecule has 2 N–H and O–H groups in total. The molecule has 1 aromatic carbocycles. The summed E-state index contributed by atoms with van der Waals surface area (Å²) in [5.41, 5.74) is 0.355. The highest BCUT2D eigenvalue weighted by Gasteiger charge is 2.19. The van der Waals surface area contributed by atoms with Crippen LogP contribution in [-0.2, 0) is 0 Å². The van der Waals surface area contributed by atoms with Crippen molar-refractivity contribution in [2.75, 3.05) is 11.6 Å². The topological polar surface area (TPSA) is 62.2 Å². The molecule has 2 aromatic heterocycles. The number of thioether (sulfide) groups is 1. The maximum absolute atomic E-state index is 14.1. The highest BCUT2D eigenvalue weighted by molar-refractivity contribution is 7.98. The van der Waals surface area contributed by atoms with E-state index in [2.05, 4.69) is 10.3 Å². The van der Waals surface area contributed by atoms with Gasteiger partial charge in [-0.25, -0.2) is 14.2 Å². The number of fused-ring (bicyclic) bond motifs is 1. The van der Waals surface area contributed by atoms with Gasteiger partial charge >= 0.3 is 5.97 Å². The largest absolute Gasteiger partial charge is 0.478 e. The fraction of sp³-hybridized carbons (Fsp3) is 0.0667. The van der Waals surface area contributed by atoms with Crippen molar-refractivity contribution in [3.63, 3.8) is 0 Å². The number of aromatic nitrogens is 1. The summed E-state index contributed by atoms with van der Waals surface area (Å²) in [5, 5.41) is 13.2. The molecule has 0 radical (unpaired) electrons. The molecule has 112 valence electrons. The number of carboxylic acids is 1. The predicted octanol–water partition coefficient (Wildman–Crippen LogP) is 4.60. The number of nitrogens with zero attached hydrogens (tertiary/aromatic N) is 1. The average molecular weight is 334 g/mol. The van der Waals surface area contributed by atoms with Gasteiger partial charge in [-0.2, -0.15) is 0 Å². The van der Waals surface area contributed by atoms with Crippen LogP contribution in [0.25, 0.3) is 10.2 Å². The Bertz CT molecular complexity index is 864. The first-order valence-electron chi connectivity index (χ1n) is 6.31. The quantitative estimate of drug-likeness (QED) is 0.683. The van der Waals surface area contributed by atoms with Crippen LogP contribution in [0.5, 0.6) is 0 Å². The summed E-state index contributed by atoms with van der Waals surface area (Å²) in [6.45, 7) is 0. The van der Waals surface area contributed by atoms with Crippen LogP contribution in [0.2, 0.25) is 0 Å². The zero-order valence-electron chi connectivity index (χ0n) is 11.5. The lowest BCUT2D eigenvalue weighted by Gasteiger charge is -2.07. The van der Waals surface area contributed by atoms with Crippen LogP contribution in [0.4, 0.5) is 15.1 Å². The molecule has 0 amide bonds. The summed E-state index contributed by atoms with van der Waals surface area (Å²) in [6.07, 6.45) is 3.46. The van der Waals surface area contributed by atoms with Crippen molar-refractivity contribution in [1.82, 2.24) is 4.98 Å². The van der Waals surface area contributed by atoms with Crippen molar-refractivity contribution >= 4 is 50.0 Å². The Morgan fingerprint density at radius 2 is 2.23 bits per heavy atom. The number of carboxylic acid groups (broad SMARTS) is 1. The second-order valence-corrected chi connectivity index (χ2v) is 6.32. The molecule has 0 bridgehead atoms. The minimum atomic E-state index is -1.07. The number of pyridine rings is 1. The Morgan fingerprint density at radius 1 is 1.41 bits per heavy atom. The Morgan fingerprint density at radius 3 is 2.91 bits per heavy atom. The molecule has 0 aliphatic rings. The number of hydrogen-bond acceptors (Lipinski definition) is 5. The molecule has 0 unspecified atom stereocenters. The van der Waals surface area contributed by atoms with Crippen molar-refractivity contribution in [2.24, 2.45) is 0 Å². The Kier molecular flexibility index (Phi) is 4.00. The highest BCUT2D eigenvalue weighted by atomic mass is 32.2. The van der Waals surface area contributed by atoms with Crippen molar-refractivity contribution in [3.05, 3.63) is 47.9 Å². The van der Waals surface area contributed by atoms with E-state index in [1.165, 1.54) is 29.2 Å². The number of aromatic carboxylic acids is 1. The SMILES string of the molecule is CSc1ccc(Nc2sc3ncccc3c2C(=O)O)c(F)c1. The molecule has 0 saturated heterocycles. The van der Waals surface area contributed by atoms with Gasteiger partial charge in [-0.15, -0.1) is 11.8 Å². The minimum absolute atomic E-state index is 0.112. The first-order valence-corrected chi connectivity index (χ1v) is 8.35. The Balaban J connectivity index is 2.07. The van der Waals surface area contributed by atoms with E-state index in [4.69, 9.17) is 0 Å². The van der Waals surface area contributed by atoms with Gasteiger partial charge < -0.3 is 10.4 Å². The third kappa shape index (κ3) is 2.65. The van der Waals surface area contributed by atoms with Gasteiger partial charge in [0.1, 0.15) is 21.2 Å². The average Bonchev–Trinajstić information content (AvgIpc) is 2.87. The summed E-state index contributed by atoms with van der Waals surface area (Å²) in [4.78, 5) is 17.1. The number of thiophene rings is 1. The summed E-state index contributed by atoms with van der Waals surface area (Å²) in [7, 11) is 0. The Labute approximate surface area is 134 Å². The molecule has 0 atom stereocenters. The summed E-state index contributed by atoms with van der Waals surface area (Å²) in [5.74, 6) is -1.49. The van der Waals surface area contributed by atoms with E-state index in [1.54, 1.807) is 30.5 Å². The molecule has 7 heteroatoms. The third-order valence-electron chi connectivity index (χ3n) is 3.10. The number of benzene rings is 1. The zero-order valence-corrected chi connectivity index (χ0v) is 13.1. The van der Waals surface area contributed by atoms with Crippen LogP contribution in [0.15, 0.2) is 41.4 Å². The molecule has 4 nitrogen and oxygen atoms in total. The molecule has 0 saturated carbocycles. The van der Waals surface area contributed by atoms with Crippen LogP contribution in [-0.4, -0.2) is 22.3 Å². The lowest BCUT2D eigenvalue weighted by molar-refractivity contribution is 0.0700. The van der Waals surface area contributed by atoms with Crippen LogP contribution < -0.4 is 5.32 Å².